The van der Waals surface area contributed by atoms with Crippen molar-refractivity contribution in [2.45, 2.75) is 26.1 Å². The maximum Gasteiger partial charge on any atom is 0.263 e. The van der Waals surface area contributed by atoms with Gasteiger partial charge < -0.3 is 5.32 Å². The van der Waals surface area contributed by atoms with Crippen LogP contribution in [0, 0.1) is 13.8 Å². The normalized spacial score (nSPS) is 10.7. The van der Waals surface area contributed by atoms with Crippen molar-refractivity contribution < 1.29 is 4.79 Å². The SMILES string of the molecule is CSCc1nc(CNC(=O)c2sc(C)nc2C)cs1. The molecule has 2 rings (SSSR count). The van der Waals surface area contributed by atoms with Crippen LogP contribution in [0.4, 0.5) is 0 Å². The van der Waals surface area contributed by atoms with Crippen molar-refractivity contribution >= 4 is 40.3 Å². The summed E-state index contributed by atoms with van der Waals surface area (Å²) in [5, 5.41) is 6.90. The zero-order valence-corrected chi connectivity index (χ0v) is 13.5. The summed E-state index contributed by atoms with van der Waals surface area (Å²) in [6.45, 7) is 4.24. The lowest BCUT2D eigenvalue weighted by atomic mass is 10.3. The summed E-state index contributed by atoms with van der Waals surface area (Å²) in [5.41, 5.74) is 1.71. The third-order valence-electron chi connectivity index (χ3n) is 2.41. The minimum Gasteiger partial charge on any atom is -0.346 e. The Morgan fingerprint density at radius 1 is 1.42 bits per heavy atom. The molecule has 0 atom stereocenters. The van der Waals surface area contributed by atoms with Crippen molar-refractivity contribution in [3.8, 4) is 0 Å². The molecule has 0 fully saturated rings. The molecule has 0 saturated carbocycles. The first kappa shape index (κ1) is 14.5. The molecule has 0 unspecified atom stereocenters. The summed E-state index contributed by atoms with van der Waals surface area (Å²) in [7, 11) is 0. The molecule has 7 heteroatoms. The van der Waals surface area contributed by atoms with E-state index in [1.54, 1.807) is 23.1 Å². The Hall–Kier alpha value is -0.920. The molecule has 19 heavy (non-hydrogen) atoms. The third-order valence-corrected chi connectivity index (χ3v) is 5.12. The minimum absolute atomic E-state index is 0.0671. The Kier molecular flexibility index (Phi) is 4.95. The molecule has 0 radical (unpaired) electrons. The predicted octanol–water partition coefficient (Wildman–Crippen LogP) is 3.01. The fourth-order valence-electron chi connectivity index (χ4n) is 1.61. The van der Waals surface area contributed by atoms with Gasteiger partial charge in [0.15, 0.2) is 0 Å². The fourth-order valence-corrected chi connectivity index (χ4v) is 3.96. The summed E-state index contributed by atoms with van der Waals surface area (Å²) >= 11 is 4.81. The van der Waals surface area contributed by atoms with Gasteiger partial charge in [-0.1, -0.05) is 0 Å². The highest BCUT2D eigenvalue weighted by Gasteiger charge is 2.13. The largest absolute Gasteiger partial charge is 0.346 e. The number of rotatable bonds is 5. The van der Waals surface area contributed by atoms with E-state index in [0.717, 1.165) is 27.2 Å². The molecule has 0 aromatic carbocycles. The number of nitrogens with zero attached hydrogens (tertiary/aromatic N) is 2. The van der Waals surface area contributed by atoms with E-state index in [1.807, 2.05) is 19.2 Å². The van der Waals surface area contributed by atoms with E-state index in [4.69, 9.17) is 0 Å². The first-order valence-corrected chi connectivity index (χ1v) is 8.83. The van der Waals surface area contributed by atoms with Gasteiger partial charge in [0.2, 0.25) is 0 Å². The van der Waals surface area contributed by atoms with Crippen LogP contribution in [0.2, 0.25) is 0 Å². The lowest BCUT2D eigenvalue weighted by Crippen LogP contribution is -2.22. The van der Waals surface area contributed by atoms with Gasteiger partial charge in [0.05, 0.1) is 22.9 Å². The minimum atomic E-state index is -0.0671. The number of carbonyl (C=O) groups excluding carboxylic acids is 1. The smallest absolute Gasteiger partial charge is 0.263 e. The van der Waals surface area contributed by atoms with Crippen LogP contribution in [0.15, 0.2) is 5.38 Å². The Morgan fingerprint density at radius 2 is 2.21 bits per heavy atom. The van der Waals surface area contributed by atoms with Crippen LogP contribution >= 0.6 is 34.4 Å². The van der Waals surface area contributed by atoms with Gasteiger partial charge in [0.25, 0.3) is 5.91 Å². The van der Waals surface area contributed by atoms with Gasteiger partial charge in [0, 0.05) is 11.1 Å². The average molecular weight is 313 g/mol. The number of carbonyl (C=O) groups is 1. The van der Waals surface area contributed by atoms with Crippen LogP contribution in [0.1, 0.15) is 31.1 Å². The summed E-state index contributed by atoms with van der Waals surface area (Å²) in [6.07, 6.45) is 2.05. The molecule has 0 saturated heterocycles. The van der Waals surface area contributed by atoms with Crippen LogP contribution in [0.25, 0.3) is 0 Å². The standard InChI is InChI=1S/C12H15N3OS3/c1-7-11(19-8(2)14-7)12(16)13-4-9-5-18-10(15-9)6-17-3/h5H,4,6H2,1-3H3,(H,13,16). The number of nitrogens with one attached hydrogen (secondary N) is 1. The lowest BCUT2D eigenvalue weighted by Gasteiger charge is -2.01. The molecule has 2 aromatic rings. The summed E-state index contributed by atoms with van der Waals surface area (Å²) < 4.78 is 0. The summed E-state index contributed by atoms with van der Waals surface area (Å²) in [5.74, 6) is 0.855. The number of thiazole rings is 2. The molecule has 0 aliphatic carbocycles. The molecule has 0 aliphatic rings. The van der Waals surface area contributed by atoms with E-state index in [9.17, 15) is 4.79 Å². The van der Waals surface area contributed by atoms with Crippen LogP contribution in [-0.2, 0) is 12.3 Å². The zero-order chi connectivity index (χ0) is 13.8. The van der Waals surface area contributed by atoms with Crippen molar-refractivity contribution in [3.05, 3.63) is 31.7 Å². The quantitative estimate of drug-likeness (QED) is 0.922. The second-order valence-electron chi connectivity index (χ2n) is 4.00. The monoisotopic (exact) mass is 313 g/mol. The van der Waals surface area contributed by atoms with Crippen molar-refractivity contribution in [3.63, 3.8) is 0 Å². The first-order chi connectivity index (χ1) is 9.10. The van der Waals surface area contributed by atoms with Crippen LogP contribution in [0.5, 0.6) is 0 Å². The number of aryl methyl sites for hydroxylation is 2. The average Bonchev–Trinajstić information content (AvgIpc) is 2.93. The molecule has 4 nitrogen and oxygen atoms in total. The topological polar surface area (TPSA) is 54.9 Å². The molecule has 2 aromatic heterocycles. The Balaban J connectivity index is 1.94. The van der Waals surface area contributed by atoms with Crippen molar-refractivity contribution in [1.29, 1.82) is 0 Å². The third kappa shape index (κ3) is 3.77. The first-order valence-electron chi connectivity index (χ1n) is 5.74. The van der Waals surface area contributed by atoms with Crippen molar-refractivity contribution in [1.82, 2.24) is 15.3 Å². The van der Waals surface area contributed by atoms with E-state index in [2.05, 4.69) is 21.5 Å². The van der Waals surface area contributed by atoms with Gasteiger partial charge in [-0.05, 0) is 20.1 Å². The molecule has 0 spiro atoms. The van der Waals surface area contributed by atoms with Gasteiger partial charge in [-0.2, -0.15) is 11.8 Å². The van der Waals surface area contributed by atoms with E-state index in [1.165, 1.54) is 11.3 Å². The van der Waals surface area contributed by atoms with Crippen molar-refractivity contribution in [2.24, 2.45) is 0 Å². The summed E-state index contributed by atoms with van der Waals surface area (Å²) in [6, 6.07) is 0. The number of hydrogen-bond acceptors (Lipinski definition) is 6. The van der Waals surface area contributed by atoms with E-state index >= 15 is 0 Å². The highest BCUT2D eigenvalue weighted by atomic mass is 32.2. The van der Waals surface area contributed by atoms with E-state index < -0.39 is 0 Å². The van der Waals surface area contributed by atoms with Crippen LogP contribution < -0.4 is 5.32 Å². The van der Waals surface area contributed by atoms with E-state index in [0.29, 0.717) is 11.4 Å². The zero-order valence-electron chi connectivity index (χ0n) is 11.0. The number of thioether (sulfide) groups is 1. The van der Waals surface area contributed by atoms with Crippen LogP contribution in [0.3, 0.4) is 0 Å². The highest BCUT2D eigenvalue weighted by molar-refractivity contribution is 7.97. The van der Waals surface area contributed by atoms with Crippen LogP contribution in [-0.4, -0.2) is 22.1 Å². The van der Waals surface area contributed by atoms with Gasteiger partial charge in [-0.15, -0.1) is 22.7 Å². The molecular formula is C12H15N3OS3. The fraction of sp³-hybridized carbons (Fsp3) is 0.417. The molecule has 1 N–H and O–H groups in total. The van der Waals surface area contributed by atoms with E-state index in [-0.39, 0.29) is 5.91 Å². The maximum atomic E-state index is 12.0. The van der Waals surface area contributed by atoms with Gasteiger partial charge >= 0.3 is 0 Å². The Labute approximate surface area is 124 Å². The van der Waals surface area contributed by atoms with Gasteiger partial charge in [0.1, 0.15) is 9.88 Å². The second-order valence-corrected chi connectivity index (χ2v) is 7.01. The van der Waals surface area contributed by atoms with Crippen molar-refractivity contribution in [2.75, 3.05) is 6.26 Å². The number of amides is 1. The Bertz CT molecular complexity index is 577. The number of hydrogen-bond donors (Lipinski definition) is 1. The molecule has 102 valence electrons. The molecule has 1 amide bonds. The lowest BCUT2D eigenvalue weighted by molar-refractivity contribution is 0.0953. The molecule has 0 bridgehead atoms. The molecule has 2 heterocycles. The summed E-state index contributed by atoms with van der Waals surface area (Å²) in [4.78, 5) is 21.4. The van der Waals surface area contributed by atoms with Gasteiger partial charge in [-0.3, -0.25) is 4.79 Å². The number of aromatic nitrogens is 2. The highest BCUT2D eigenvalue weighted by Crippen LogP contribution is 2.18. The Morgan fingerprint density at radius 3 is 2.84 bits per heavy atom. The predicted molar refractivity (Wildman–Crippen MR) is 82.1 cm³/mol. The van der Waals surface area contributed by atoms with Gasteiger partial charge in [-0.25, -0.2) is 9.97 Å². The second kappa shape index (κ2) is 6.49. The maximum absolute atomic E-state index is 12.0. The molecular weight excluding hydrogens is 298 g/mol. The molecule has 0 aliphatic heterocycles.